The first kappa shape index (κ1) is 16.9. The highest BCUT2D eigenvalue weighted by Crippen LogP contribution is 2.23. The van der Waals surface area contributed by atoms with Gasteiger partial charge in [0.1, 0.15) is 0 Å². The molecule has 0 unspecified atom stereocenters. The van der Waals surface area contributed by atoms with Gasteiger partial charge in [0.05, 0.1) is 12.5 Å². The van der Waals surface area contributed by atoms with Gasteiger partial charge in [-0.05, 0) is 48.2 Å². The van der Waals surface area contributed by atoms with Crippen LogP contribution in [0.5, 0.6) is 0 Å². The lowest BCUT2D eigenvalue weighted by Gasteiger charge is -2.36. The molecule has 4 nitrogen and oxygen atoms in total. The van der Waals surface area contributed by atoms with Crippen molar-refractivity contribution in [1.82, 2.24) is 9.88 Å². The Hall–Kier alpha value is -1.91. The van der Waals surface area contributed by atoms with E-state index in [4.69, 9.17) is 11.6 Å². The highest BCUT2D eigenvalue weighted by Gasteiger charge is 2.30. The minimum atomic E-state index is -0.370. The van der Waals surface area contributed by atoms with Crippen molar-refractivity contribution in [3.63, 3.8) is 0 Å². The minimum absolute atomic E-state index is 0.0568. The molecule has 1 aromatic heterocycles. The molecule has 0 radical (unpaired) electrons. The van der Waals surface area contributed by atoms with Crippen LogP contribution in [0, 0.1) is 5.92 Å². The van der Waals surface area contributed by atoms with Crippen LogP contribution >= 0.6 is 11.6 Å². The number of benzene rings is 1. The first-order valence-electron chi connectivity index (χ1n) is 8.21. The van der Waals surface area contributed by atoms with E-state index in [0.29, 0.717) is 31.0 Å². The van der Waals surface area contributed by atoms with Gasteiger partial charge in [-0.25, -0.2) is 0 Å². The Bertz CT molecular complexity index is 676. The van der Waals surface area contributed by atoms with Crippen LogP contribution in [0.25, 0.3) is 0 Å². The summed E-state index contributed by atoms with van der Waals surface area (Å²) in [4.78, 5) is 18.4. The van der Waals surface area contributed by atoms with E-state index in [9.17, 15) is 9.90 Å². The van der Waals surface area contributed by atoms with Gasteiger partial charge in [0, 0.05) is 36.4 Å². The van der Waals surface area contributed by atoms with Crippen molar-refractivity contribution < 1.29 is 9.90 Å². The molecule has 3 rings (SSSR count). The van der Waals surface area contributed by atoms with Gasteiger partial charge in [-0.3, -0.25) is 9.78 Å². The number of nitrogens with zero attached hydrogens (tertiary/aromatic N) is 2. The Morgan fingerprint density at radius 1 is 1.17 bits per heavy atom. The summed E-state index contributed by atoms with van der Waals surface area (Å²) in [6.07, 6.45) is 4.78. The number of aliphatic hydroxyl groups is 1. The van der Waals surface area contributed by atoms with E-state index in [-0.39, 0.29) is 17.9 Å². The molecule has 1 N–H and O–H groups in total. The number of hydrogen-bond acceptors (Lipinski definition) is 3. The lowest BCUT2D eigenvalue weighted by atomic mass is 9.88. The number of aromatic nitrogens is 1. The number of amides is 1. The molecule has 1 fully saturated rings. The smallest absolute Gasteiger partial charge is 0.227 e. The molecule has 1 aliphatic rings. The van der Waals surface area contributed by atoms with Gasteiger partial charge in [0.25, 0.3) is 0 Å². The van der Waals surface area contributed by atoms with Crippen LogP contribution in [-0.2, 0) is 17.6 Å². The van der Waals surface area contributed by atoms with E-state index in [1.165, 1.54) is 0 Å². The highest BCUT2D eigenvalue weighted by atomic mass is 35.5. The molecular formula is C19H21ClN2O2. The predicted molar refractivity (Wildman–Crippen MR) is 93.8 cm³/mol. The second kappa shape index (κ2) is 7.77. The Labute approximate surface area is 147 Å². The monoisotopic (exact) mass is 344 g/mol. The number of rotatable bonds is 4. The lowest BCUT2D eigenvalue weighted by Crippen LogP contribution is -2.47. The number of hydrogen-bond donors (Lipinski definition) is 1. The largest absolute Gasteiger partial charge is 0.393 e. The van der Waals surface area contributed by atoms with Crippen LogP contribution in [-0.4, -0.2) is 40.1 Å². The first-order chi connectivity index (χ1) is 11.6. The van der Waals surface area contributed by atoms with Crippen molar-refractivity contribution in [3.05, 3.63) is 64.9 Å². The molecule has 24 heavy (non-hydrogen) atoms. The fraction of sp³-hybridized carbons (Fsp3) is 0.368. The van der Waals surface area contributed by atoms with Gasteiger partial charge < -0.3 is 10.0 Å². The van der Waals surface area contributed by atoms with Crippen LogP contribution in [0.15, 0.2) is 48.8 Å². The SMILES string of the molecule is O=C(Cc1ccncc1)N1CC[C@H](O)[C@H](Cc2ccc(Cl)cc2)C1. The molecule has 5 heteroatoms. The average Bonchev–Trinajstić information content (AvgIpc) is 2.59. The van der Waals surface area contributed by atoms with E-state index in [1.54, 1.807) is 12.4 Å². The average molecular weight is 345 g/mol. The van der Waals surface area contributed by atoms with E-state index >= 15 is 0 Å². The molecule has 0 saturated carbocycles. The van der Waals surface area contributed by atoms with E-state index < -0.39 is 0 Å². The van der Waals surface area contributed by atoms with Crippen molar-refractivity contribution >= 4 is 17.5 Å². The maximum atomic E-state index is 12.5. The number of likely N-dealkylation sites (tertiary alicyclic amines) is 1. The Morgan fingerprint density at radius 2 is 1.88 bits per heavy atom. The molecule has 1 amide bonds. The van der Waals surface area contributed by atoms with Gasteiger partial charge in [-0.15, -0.1) is 0 Å². The second-order valence-corrected chi connectivity index (χ2v) is 6.76. The molecular weight excluding hydrogens is 324 g/mol. The van der Waals surface area contributed by atoms with E-state index in [1.807, 2.05) is 41.3 Å². The molecule has 2 heterocycles. The maximum absolute atomic E-state index is 12.5. The summed E-state index contributed by atoms with van der Waals surface area (Å²) in [5, 5.41) is 11.0. The van der Waals surface area contributed by atoms with Crippen molar-refractivity contribution in [2.45, 2.75) is 25.4 Å². The molecule has 1 aromatic carbocycles. The highest BCUT2D eigenvalue weighted by molar-refractivity contribution is 6.30. The van der Waals surface area contributed by atoms with Crippen molar-refractivity contribution in [3.8, 4) is 0 Å². The maximum Gasteiger partial charge on any atom is 0.227 e. The van der Waals surface area contributed by atoms with Crippen LogP contribution in [0.2, 0.25) is 5.02 Å². The zero-order chi connectivity index (χ0) is 16.9. The number of aliphatic hydroxyl groups excluding tert-OH is 1. The topological polar surface area (TPSA) is 53.4 Å². The van der Waals surface area contributed by atoms with Gasteiger partial charge in [-0.1, -0.05) is 23.7 Å². The summed E-state index contributed by atoms with van der Waals surface area (Å²) in [6.45, 7) is 1.20. The van der Waals surface area contributed by atoms with Gasteiger partial charge in [-0.2, -0.15) is 0 Å². The van der Waals surface area contributed by atoms with Gasteiger partial charge in [0.2, 0.25) is 5.91 Å². The van der Waals surface area contributed by atoms with Crippen LogP contribution < -0.4 is 0 Å². The summed E-state index contributed by atoms with van der Waals surface area (Å²) in [5.41, 5.74) is 2.10. The molecule has 2 aromatic rings. The fourth-order valence-electron chi connectivity index (χ4n) is 3.16. The van der Waals surface area contributed by atoms with Gasteiger partial charge in [0.15, 0.2) is 0 Å². The zero-order valence-corrected chi connectivity index (χ0v) is 14.2. The third-order valence-corrected chi connectivity index (χ3v) is 4.81. The second-order valence-electron chi connectivity index (χ2n) is 6.32. The van der Waals surface area contributed by atoms with E-state index in [2.05, 4.69) is 4.98 Å². The number of pyridine rings is 1. The fourth-order valence-corrected chi connectivity index (χ4v) is 3.28. The summed E-state index contributed by atoms with van der Waals surface area (Å²) in [7, 11) is 0. The number of carbonyl (C=O) groups excluding carboxylic acids is 1. The van der Waals surface area contributed by atoms with Crippen molar-refractivity contribution in [2.24, 2.45) is 5.92 Å². The molecule has 0 aliphatic carbocycles. The Kier molecular flexibility index (Phi) is 5.48. The third-order valence-electron chi connectivity index (χ3n) is 4.56. The predicted octanol–water partition coefficient (Wildman–Crippen LogP) is 2.73. The first-order valence-corrected chi connectivity index (χ1v) is 8.59. The van der Waals surface area contributed by atoms with Crippen LogP contribution in [0.1, 0.15) is 17.5 Å². The molecule has 1 aliphatic heterocycles. The standard InChI is InChI=1S/C19H21ClN2O2/c20-17-3-1-14(2-4-17)11-16-13-22(10-7-18(16)23)19(24)12-15-5-8-21-9-6-15/h1-6,8-9,16,18,23H,7,10-13H2/t16-,18+/m1/s1. The molecule has 126 valence electrons. The van der Waals surface area contributed by atoms with Crippen molar-refractivity contribution in [2.75, 3.05) is 13.1 Å². The summed E-state index contributed by atoms with van der Waals surface area (Å²) < 4.78 is 0. The lowest BCUT2D eigenvalue weighted by molar-refractivity contribution is -0.134. The molecule has 2 atom stereocenters. The third kappa shape index (κ3) is 4.34. The number of halogens is 1. The quantitative estimate of drug-likeness (QED) is 0.927. The summed E-state index contributed by atoms with van der Waals surface area (Å²) in [5.74, 6) is 0.163. The zero-order valence-electron chi connectivity index (χ0n) is 13.4. The van der Waals surface area contributed by atoms with Crippen LogP contribution in [0.3, 0.4) is 0 Å². The molecule has 0 bridgehead atoms. The number of piperidine rings is 1. The Balaban J connectivity index is 1.62. The Morgan fingerprint density at radius 3 is 2.58 bits per heavy atom. The van der Waals surface area contributed by atoms with Crippen molar-refractivity contribution in [1.29, 1.82) is 0 Å². The normalized spacial score (nSPS) is 20.8. The minimum Gasteiger partial charge on any atom is -0.393 e. The molecule has 0 spiro atoms. The van der Waals surface area contributed by atoms with E-state index in [0.717, 1.165) is 17.5 Å². The summed E-state index contributed by atoms with van der Waals surface area (Å²) >= 11 is 5.92. The molecule has 1 saturated heterocycles. The number of carbonyl (C=O) groups is 1. The van der Waals surface area contributed by atoms with Crippen LogP contribution in [0.4, 0.5) is 0 Å². The summed E-state index contributed by atoms with van der Waals surface area (Å²) in [6, 6.07) is 11.4. The van der Waals surface area contributed by atoms with Gasteiger partial charge >= 0.3 is 0 Å².